The van der Waals surface area contributed by atoms with E-state index in [-0.39, 0.29) is 0 Å². The molecule has 0 amide bonds. The summed E-state index contributed by atoms with van der Waals surface area (Å²) in [5.74, 6) is 2.18. The lowest BCUT2D eigenvalue weighted by atomic mass is 10.2. The van der Waals surface area contributed by atoms with Crippen molar-refractivity contribution in [2.45, 2.75) is 6.61 Å². The molecule has 0 N–H and O–H groups in total. The first kappa shape index (κ1) is 19.3. The molecular weight excluding hydrogens is 376 g/mol. The Morgan fingerprint density at radius 1 is 0.567 bits per heavy atom. The van der Waals surface area contributed by atoms with Crippen LogP contribution in [0.25, 0.3) is 0 Å². The van der Waals surface area contributed by atoms with Crippen LogP contribution >= 0.6 is 0 Å². The van der Waals surface area contributed by atoms with Crippen molar-refractivity contribution < 1.29 is 19.0 Å². The van der Waals surface area contributed by atoms with Crippen molar-refractivity contribution in [2.75, 3.05) is 0 Å². The van der Waals surface area contributed by atoms with Crippen molar-refractivity contribution in [2.24, 2.45) is 0 Å². The lowest BCUT2D eigenvalue weighted by Crippen LogP contribution is -2.07. The van der Waals surface area contributed by atoms with Crippen molar-refractivity contribution in [3.63, 3.8) is 0 Å². The van der Waals surface area contributed by atoms with Gasteiger partial charge in [0.2, 0.25) is 0 Å². The number of hydrogen-bond acceptors (Lipinski definition) is 4. The lowest BCUT2D eigenvalue weighted by Gasteiger charge is -2.09. The first-order valence-corrected chi connectivity index (χ1v) is 9.58. The Morgan fingerprint density at radius 3 is 1.67 bits per heavy atom. The fourth-order valence-corrected chi connectivity index (χ4v) is 2.80. The second-order valence-corrected chi connectivity index (χ2v) is 6.57. The molecular formula is C26H20O4. The molecule has 0 unspecified atom stereocenters. The van der Waals surface area contributed by atoms with Gasteiger partial charge in [0.05, 0.1) is 5.56 Å². The van der Waals surface area contributed by atoms with E-state index in [1.807, 2.05) is 60.7 Å². The molecule has 4 rings (SSSR count). The standard InChI is InChI=1S/C26H20O4/c27-26(21-9-5-2-6-10-21)30-25-17-15-24(16-18-25)29-23-13-11-22(12-14-23)28-19-20-7-3-1-4-8-20/h1-18H,19H2. The smallest absolute Gasteiger partial charge is 0.343 e. The van der Waals surface area contributed by atoms with Gasteiger partial charge in [-0.2, -0.15) is 0 Å². The SMILES string of the molecule is O=C(Oc1ccc(Oc2ccc(OCc3ccccc3)cc2)cc1)c1ccccc1. The summed E-state index contributed by atoms with van der Waals surface area (Å²) in [4.78, 5) is 12.1. The summed E-state index contributed by atoms with van der Waals surface area (Å²) >= 11 is 0. The van der Waals surface area contributed by atoms with Crippen molar-refractivity contribution in [1.29, 1.82) is 0 Å². The second kappa shape index (κ2) is 9.43. The van der Waals surface area contributed by atoms with Crippen LogP contribution in [0.4, 0.5) is 0 Å². The van der Waals surface area contributed by atoms with Crippen molar-refractivity contribution in [3.8, 4) is 23.0 Å². The largest absolute Gasteiger partial charge is 0.489 e. The van der Waals surface area contributed by atoms with Gasteiger partial charge in [-0.25, -0.2) is 4.79 Å². The van der Waals surface area contributed by atoms with Crippen LogP contribution in [0.1, 0.15) is 15.9 Å². The van der Waals surface area contributed by atoms with E-state index in [4.69, 9.17) is 14.2 Å². The van der Waals surface area contributed by atoms with Crippen LogP contribution in [0, 0.1) is 0 Å². The van der Waals surface area contributed by atoms with E-state index in [1.165, 1.54) is 0 Å². The zero-order valence-corrected chi connectivity index (χ0v) is 16.2. The number of benzene rings is 4. The lowest BCUT2D eigenvalue weighted by molar-refractivity contribution is 0.0734. The average Bonchev–Trinajstić information content (AvgIpc) is 2.81. The Hall–Kier alpha value is -4.05. The normalized spacial score (nSPS) is 10.3. The molecule has 0 saturated heterocycles. The van der Waals surface area contributed by atoms with E-state index < -0.39 is 5.97 Å². The molecule has 0 atom stereocenters. The highest BCUT2D eigenvalue weighted by atomic mass is 16.5. The Balaban J connectivity index is 1.31. The number of hydrogen-bond donors (Lipinski definition) is 0. The van der Waals surface area contributed by atoms with Crippen LogP contribution in [0.2, 0.25) is 0 Å². The molecule has 0 radical (unpaired) electrons. The van der Waals surface area contributed by atoms with Gasteiger partial charge >= 0.3 is 5.97 Å². The zero-order chi connectivity index (χ0) is 20.6. The minimum absolute atomic E-state index is 0.393. The third-order valence-electron chi connectivity index (χ3n) is 4.35. The van der Waals surface area contributed by atoms with Crippen molar-refractivity contribution >= 4 is 5.97 Å². The Labute approximate surface area is 175 Å². The molecule has 0 heterocycles. The molecule has 30 heavy (non-hydrogen) atoms. The highest BCUT2D eigenvalue weighted by molar-refractivity contribution is 5.90. The van der Waals surface area contributed by atoms with E-state index in [0.717, 1.165) is 11.3 Å². The predicted octanol–water partition coefficient (Wildman–Crippen LogP) is 6.28. The van der Waals surface area contributed by atoms with Crippen LogP contribution < -0.4 is 14.2 Å². The third-order valence-corrected chi connectivity index (χ3v) is 4.35. The molecule has 0 aliphatic heterocycles. The second-order valence-electron chi connectivity index (χ2n) is 6.57. The molecule has 0 bridgehead atoms. The maximum absolute atomic E-state index is 12.1. The summed E-state index contributed by atoms with van der Waals surface area (Å²) in [5, 5.41) is 0. The molecule has 4 aromatic rings. The molecule has 0 saturated carbocycles. The highest BCUT2D eigenvalue weighted by Crippen LogP contribution is 2.26. The summed E-state index contributed by atoms with van der Waals surface area (Å²) in [6.45, 7) is 0.518. The maximum Gasteiger partial charge on any atom is 0.343 e. The molecule has 4 heteroatoms. The first-order valence-electron chi connectivity index (χ1n) is 9.58. The third kappa shape index (κ3) is 5.26. The van der Waals surface area contributed by atoms with Gasteiger partial charge in [0, 0.05) is 0 Å². The number of carbonyl (C=O) groups excluding carboxylic acids is 1. The van der Waals surface area contributed by atoms with Gasteiger partial charge in [0.15, 0.2) is 0 Å². The molecule has 0 aliphatic rings. The summed E-state index contributed by atoms with van der Waals surface area (Å²) in [6.07, 6.45) is 0. The van der Waals surface area contributed by atoms with E-state index >= 15 is 0 Å². The van der Waals surface area contributed by atoms with Gasteiger partial charge in [-0.3, -0.25) is 0 Å². The van der Waals surface area contributed by atoms with Crippen LogP contribution in [-0.4, -0.2) is 5.97 Å². The molecule has 0 spiro atoms. The quantitative estimate of drug-likeness (QED) is 0.272. The Morgan fingerprint density at radius 2 is 1.07 bits per heavy atom. The zero-order valence-electron chi connectivity index (χ0n) is 16.2. The summed E-state index contributed by atoms with van der Waals surface area (Å²) in [5.41, 5.74) is 1.62. The fourth-order valence-electron chi connectivity index (χ4n) is 2.80. The van der Waals surface area contributed by atoms with Gasteiger partial charge in [0.25, 0.3) is 0 Å². The van der Waals surface area contributed by atoms with Gasteiger partial charge < -0.3 is 14.2 Å². The molecule has 0 fully saturated rings. The van der Waals surface area contributed by atoms with Gasteiger partial charge in [-0.1, -0.05) is 48.5 Å². The highest BCUT2D eigenvalue weighted by Gasteiger charge is 2.08. The Bertz CT molecular complexity index is 1070. The Kier molecular flexibility index (Phi) is 6.06. The number of ether oxygens (including phenoxy) is 3. The topological polar surface area (TPSA) is 44.8 Å². The van der Waals surface area contributed by atoms with E-state index in [1.54, 1.807) is 48.5 Å². The molecule has 148 valence electrons. The van der Waals surface area contributed by atoms with Crippen LogP contribution in [-0.2, 0) is 6.61 Å². The van der Waals surface area contributed by atoms with Crippen LogP contribution in [0.5, 0.6) is 23.0 Å². The maximum atomic E-state index is 12.1. The monoisotopic (exact) mass is 396 g/mol. The average molecular weight is 396 g/mol. The number of rotatable bonds is 7. The number of carbonyl (C=O) groups is 1. The summed E-state index contributed by atoms with van der Waals surface area (Å²) in [6, 6.07) is 33.2. The summed E-state index contributed by atoms with van der Waals surface area (Å²) < 4.78 is 17.0. The predicted molar refractivity (Wildman–Crippen MR) is 115 cm³/mol. The fraction of sp³-hybridized carbons (Fsp3) is 0.0385. The summed E-state index contributed by atoms with van der Waals surface area (Å²) in [7, 11) is 0. The van der Waals surface area contributed by atoms with Crippen LogP contribution in [0.3, 0.4) is 0 Å². The van der Waals surface area contributed by atoms with Gasteiger partial charge in [-0.15, -0.1) is 0 Å². The van der Waals surface area contributed by atoms with E-state index in [2.05, 4.69) is 0 Å². The van der Waals surface area contributed by atoms with Crippen molar-refractivity contribution in [3.05, 3.63) is 120 Å². The van der Waals surface area contributed by atoms with Gasteiger partial charge in [-0.05, 0) is 66.2 Å². The minimum Gasteiger partial charge on any atom is -0.489 e. The van der Waals surface area contributed by atoms with Crippen LogP contribution in [0.15, 0.2) is 109 Å². The van der Waals surface area contributed by atoms with Gasteiger partial charge in [0.1, 0.15) is 29.6 Å². The molecule has 0 aliphatic carbocycles. The molecule has 0 aromatic heterocycles. The molecule has 4 nitrogen and oxygen atoms in total. The first-order chi connectivity index (χ1) is 14.8. The van der Waals surface area contributed by atoms with Crippen molar-refractivity contribution in [1.82, 2.24) is 0 Å². The van der Waals surface area contributed by atoms with E-state index in [9.17, 15) is 4.79 Å². The molecule has 4 aromatic carbocycles. The minimum atomic E-state index is -0.393. The van der Waals surface area contributed by atoms with E-state index in [0.29, 0.717) is 29.4 Å². The number of esters is 1.